The number of hydrogen-bond donors (Lipinski definition) is 3. The number of nitrogens with zero attached hydrogens (tertiary/aromatic N) is 2. The highest BCUT2D eigenvalue weighted by atomic mass is 35.5. The summed E-state index contributed by atoms with van der Waals surface area (Å²) >= 11 is 12.2. The Morgan fingerprint density at radius 2 is 1.88 bits per heavy atom. The molecule has 2 rings (SSSR count). The van der Waals surface area contributed by atoms with Gasteiger partial charge in [-0.3, -0.25) is 14.5 Å². The second-order valence-electron chi connectivity index (χ2n) is 6.70. The molecule has 0 saturated carbocycles. The van der Waals surface area contributed by atoms with Crippen molar-refractivity contribution in [2.45, 2.75) is 6.92 Å². The van der Waals surface area contributed by atoms with Crippen LogP contribution < -0.4 is 10.6 Å². The lowest BCUT2D eigenvalue weighted by Gasteiger charge is -2.40. The largest absolute Gasteiger partial charge is 0.504 e. The van der Waals surface area contributed by atoms with Gasteiger partial charge in [0.2, 0.25) is 5.91 Å². The fourth-order valence-corrected chi connectivity index (χ4v) is 3.29. The average Bonchev–Trinajstić information content (AvgIpc) is 2.52. The van der Waals surface area contributed by atoms with Crippen molar-refractivity contribution in [1.29, 1.82) is 0 Å². The first-order chi connectivity index (χ1) is 11.6. The number of phenolic OH excluding ortho intramolecular Hbond substituents is 1. The minimum Gasteiger partial charge on any atom is -0.504 e. The van der Waals surface area contributed by atoms with E-state index in [0.29, 0.717) is 4.48 Å². The highest BCUT2D eigenvalue weighted by molar-refractivity contribution is 6.41. The van der Waals surface area contributed by atoms with Crippen LogP contribution in [-0.4, -0.2) is 73.1 Å². The summed E-state index contributed by atoms with van der Waals surface area (Å²) in [5, 5.41) is 15.3. The van der Waals surface area contributed by atoms with Crippen molar-refractivity contribution < 1.29 is 19.2 Å². The maximum Gasteiger partial charge on any atom is 0.279 e. The molecule has 1 heterocycles. The molecule has 7 nitrogen and oxygen atoms in total. The third-order valence-corrected chi connectivity index (χ3v) is 5.00. The van der Waals surface area contributed by atoms with Gasteiger partial charge in [0.1, 0.15) is 5.02 Å². The highest BCUT2D eigenvalue weighted by Crippen LogP contribution is 2.42. The van der Waals surface area contributed by atoms with Crippen LogP contribution in [0.1, 0.15) is 6.92 Å². The molecule has 1 aromatic rings. The molecular formula is C16H23Cl2N4O3+. The van der Waals surface area contributed by atoms with E-state index in [2.05, 4.69) is 22.6 Å². The second-order valence-corrected chi connectivity index (χ2v) is 7.49. The molecule has 0 atom stereocenters. The van der Waals surface area contributed by atoms with Crippen molar-refractivity contribution in [2.75, 3.05) is 57.5 Å². The van der Waals surface area contributed by atoms with Crippen molar-refractivity contribution in [3.05, 3.63) is 16.1 Å². The van der Waals surface area contributed by atoms with E-state index in [1.165, 1.54) is 13.0 Å². The van der Waals surface area contributed by atoms with Crippen LogP contribution in [0.2, 0.25) is 10.0 Å². The number of benzene rings is 1. The predicted molar refractivity (Wildman–Crippen MR) is 99.3 cm³/mol. The number of anilines is 2. The molecule has 25 heavy (non-hydrogen) atoms. The first kappa shape index (κ1) is 19.8. The number of likely N-dealkylation sites (N-methyl/N-ethyl adjacent to an activating group) is 2. The van der Waals surface area contributed by atoms with Crippen LogP contribution in [0, 0.1) is 0 Å². The van der Waals surface area contributed by atoms with Gasteiger partial charge in [-0.1, -0.05) is 23.2 Å². The van der Waals surface area contributed by atoms with Crippen LogP contribution in [0.5, 0.6) is 5.75 Å². The van der Waals surface area contributed by atoms with Crippen molar-refractivity contribution in [2.24, 2.45) is 0 Å². The number of carbonyl (C=O) groups is 2. The second kappa shape index (κ2) is 7.78. The van der Waals surface area contributed by atoms with Gasteiger partial charge in [0.25, 0.3) is 5.91 Å². The van der Waals surface area contributed by atoms with Crippen molar-refractivity contribution in [3.63, 3.8) is 0 Å². The third kappa shape index (κ3) is 4.98. The van der Waals surface area contributed by atoms with Gasteiger partial charge in [0.15, 0.2) is 12.3 Å². The number of rotatable bonds is 4. The lowest BCUT2D eigenvalue weighted by atomic mass is 10.2. The zero-order valence-electron chi connectivity index (χ0n) is 14.5. The van der Waals surface area contributed by atoms with Crippen LogP contribution in [0.3, 0.4) is 0 Å². The summed E-state index contributed by atoms with van der Waals surface area (Å²) in [6, 6.07) is 1.37. The van der Waals surface area contributed by atoms with E-state index < -0.39 is 0 Å². The first-order valence-corrected chi connectivity index (χ1v) is 8.67. The van der Waals surface area contributed by atoms with Crippen molar-refractivity contribution in [3.8, 4) is 5.75 Å². The fraction of sp³-hybridized carbons (Fsp3) is 0.500. The minimum atomic E-state index is -0.368. The SMILES string of the molecule is CC(=O)Nc1c(Cl)cc(NC(=O)C[N+]2(C)CCN(C)CC2)c(O)c1Cl. The molecule has 0 radical (unpaired) electrons. The molecule has 9 heteroatoms. The maximum atomic E-state index is 12.4. The van der Waals surface area contributed by atoms with Gasteiger partial charge in [-0.2, -0.15) is 0 Å². The molecular weight excluding hydrogens is 367 g/mol. The Kier molecular flexibility index (Phi) is 6.16. The normalized spacial score (nSPS) is 17.2. The van der Waals surface area contributed by atoms with Gasteiger partial charge in [-0.05, 0) is 13.1 Å². The minimum absolute atomic E-state index is 0.113. The fourth-order valence-electron chi connectivity index (χ4n) is 2.74. The Bertz CT molecular complexity index is 688. The number of amides is 2. The van der Waals surface area contributed by atoms with Gasteiger partial charge in [0.05, 0.1) is 36.5 Å². The smallest absolute Gasteiger partial charge is 0.279 e. The van der Waals surface area contributed by atoms with E-state index in [1.54, 1.807) is 0 Å². The molecule has 1 aliphatic heterocycles. The third-order valence-electron chi connectivity index (χ3n) is 4.34. The molecule has 0 aromatic heterocycles. The topological polar surface area (TPSA) is 81.7 Å². The molecule has 1 aliphatic rings. The van der Waals surface area contributed by atoms with Crippen LogP contribution >= 0.6 is 23.2 Å². The first-order valence-electron chi connectivity index (χ1n) is 7.92. The number of aromatic hydroxyl groups is 1. The summed E-state index contributed by atoms with van der Waals surface area (Å²) in [6.45, 7) is 5.20. The Labute approximate surface area is 157 Å². The maximum absolute atomic E-state index is 12.4. The zero-order chi connectivity index (χ0) is 18.8. The van der Waals surface area contributed by atoms with Gasteiger partial charge < -0.3 is 20.2 Å². The number of phenols is 1. The Hall–Kier alpha value is -1.54. The number of carbonyl (C=O) groups excluding carboxylic acids is 2. The lowest BCUT2D eigenvalue weighted by Crippen LogP contribution is -2.58. The van der Waals surface area contributed by atoms with E-state index in [9.17, 15) is 14.7 Å². The summed E-state index contributed by atoms with van der Waals surface area (Å²) in [5.41, 5.74) is 0.235. The average molecular weight is 390 g/mol. The molecule has 1 fully saturated rings. The Morgan fingerprint density at radius 1 is 1.28 bits per heavy atom. The molecule has 1 aromatic carbocycles. The molecule has 3 N–H and O–H groups in total. The van der Waals surface area contributed by atoms with E-state index in [1.807, 2.05) is 7.05 Å². The van der Waals surface area contributed by atoms with Gasteiger partial charge in [-0.25, -0.2) is 0 Å². The van der Waals surface area contributed by atoms with Crippen LogP contribution in [0.25, 0.3) is 0 Å². The van der Waals surface area contributed by atoms with Gasteiger partial charge >= 0.3 is 0 Å². The monoisotopic (exact) mass is 389 g/mol. The zero-order valence-corrected chi connectivity index (χ0v) is 16.0. The van der Waals surface area contributed by atoms with E-state index in [-0.39, 0.29) is 45.5 Å². The van der Waals surface area contributed by atoms with Gasteiger partial charge in [-0.15, -0.1) is 0 Å². The number of halogens is 2. The molecule has 0 bridgehead atoms. The van der Waals surface area contributed by atoms with E-state index in [4.69, 9.17) is 23.2 Å². The number of quaternary nitrogens is 1. The predicted octanol–water partition coefficient (Wildman–Crippen LogP) is 1.99. The molecule has 0 aliphatic carbocycles. The quantitative estimate of drug-likeness (QED) is 0.543. The standard InChI is InChI=1S/C16H22Cl2N4O3/c1-10(23)19-15-11(17)8-12(16(25)14(15)18)20-13(24)9-22(3)6-4-21(2)5-7-22/h8H,4-7,9H2,1-3H3,(H2-,19,20,23,24,25)/p+1. The van der Waals surface area contributed by atoms with Crippen molar-refractivity contribution >= 4 is 46.4 Å². The van der Waals surface area contributed by atoms with Crippen LogP contribution in [0.15, 0.2) is 6.07 Å². The summed E-state index contributed by atoms with van der Waals surface area (Å²) in [5.74, 6) is -0.932. The Morgan fingerprint density at radius 3 is 2.44 bits per heavy atom. The van der Waals surface area contributed by atoms with Gasteiger partial charge in [0, 0.05) is 20.0 Å². The van der Waals surface area contributed by atoms with Crippen molar-refractivity contribution in [1.82, 2.24) is 4.90 Å². The number of hydrogen-bond acceptors (Lipinski definition) is 4. The van der Waals surface area contributed by atoms with Crippen LogP contribution in [0.4, 0.5) is 11.4 Å². The number of piperazine rings is 1. The summed E-state index contributed by atoms with van der Waals surface area (Å²) in [6.07, 6.45) is 0. The molecule has 138 valence electrons. The van der Waals surface area contributed by atoms with Crippen LogP contribution in [-0.2, 0) is 9.59 Å². The molecule has 0 unspecified atom stereocenters. The molecule has 0 spiro atoms. The Balaban J connectivity index is 2.12. The van der Waals surface area contributed by atoms with E-state index >= 15 is 0 Å². The summed E-state index contributed by atoms with van der Waals surface area (Å²) in [7, 11) is 4.09. The lowest BCUT2D eigenvalue weighted by molar-refractivity contribution is -0.905. The van der Waals surface area contributed by atoms with E-state index in [0.717, 1.165) is 26.2 Å². The summed E-state index contributed by atoms with van der Waals surface area (Å²) < 4.78 is 0.627. The number of nitrogens with one attached hydrogen (secondary N) is 2. The molecule has 2 amide bonds. The summed E-state index contributed by atoms with van der Waals surface area (Å²) in [4.78, 5) is 25.8. The highest BCUT2D eigenvalue weighted by Gasteiger charge is 2.30. The molecule has 1 saturated heterocycles.